The van der Waals surface area contributed by atoms with E-state index < -0.39 is 11.7 Å². The summed E-state index contributed by atoms with van der Waals surface area (Å²) in [5.74, 6) is -0.552. The summed E-state index contributed by atoms with van der Waals surface area (Å²) < 4.78 is 13.3. The van der Waals surface area contributed by atoms with Gasteiger partial charge in [0.25, 0.3) is 5.91 Å². The Bertz CT molecular complexity index is 372. The summed E-state index contributed by atoms with van der Waals surface area (Å²) in [6, 6.07) is 4.68. The molecule has 1 fully saturated rings. The second-order valence-electron chi connectivity index (χ2n) is 3.79. The summed E-state index contributed by atoms with van der Waals surface area (Å²) in [4.78, 5) is 11.0. The molecule has 0 saturated heterocycles. The van der Waals surface area contributed by atoms with E-state index in [2.05, 4.69) is 0 Å². The van der Waals surface area contributed by atoms with Crippen LogP contribution in [0, 0.1) is 11.7 Å². The Kier molecular flexibility index (Phi) is 2.23. The molecule has 74 valence electrons. The summed E-state index contributed by atoms with van der Waals surface area (Å²) in [7, 11) is 0. The number of primary amides is 1. The first-order valence-electron chi connectivity index (χ1n) is 4.75. The molecule has 0 atom stereocenters. The number of hydrogen-bond acceptors (Lipinski definition) is 1. The molecule has 0 unspecified atom stereocenters. The molecule has 2 N–H and O–H groups in total. The van der Waals surface area contributed by atoms with Crippen molar-refractivity contribution in [3.8, 4) is 0 Å². The third-order valence-electron chi connectivity index (χ3n) is 2.55. The van der Waals surface area contributed by atoms with Gasteiger partial charge in [0.1, 0.15) is 5.82 Å². The summed E-state index contributed by atoms with van der Waals surface area (Å²) in [6.07, 6.45) is 3.12. The van der Waals surface area contributed by atoms with E-state index in [0.29, 0.717) is 5.92 Å². The first kappa shape index (κ1) is 9.19. The largest absolute Gasteiger partial charge is 0.365 e. The van der Waals surface area contributed by atoms with Gasteiger partial charge in [-0.3, -0.25) is 4.79 Å². The van der Waals surface area contributed by atoms with Gasteiger partial charge in [0, 0.05) is 0 Å². The first-order chi connectivity index (χ1) is 6.68. The minimum atomic E-state index is -0.668. The van der Waals surface area contributed by atoms with E-state index in [9.17, 15) is 9.18 Å². The van der Waals surface area contributed by atoms with Gasteiger partial charge in [0.05, 0.1) is 5.56 Å². The van der Waals surface area contributed by atoms with Gasteiger partial charge in [-0.1, -0.05) is 12.1 Å². The molecule has 1 aromatic rings. The minimum absolute atomic E-state index is 0.0689. The van der Waals surface area contributed by atoms with Crippen LogP contribution >= 0.6 is 0 Å². The zero-order chi connectivity index (χ0) is 10.1. The lowest BCUT2D eigenvalue weighted by Crippen LogP contribution is -2.16. The van der Waals surface area contributed by atoms with Gasteiger partial charge in [-0.15, -0.1) is 0 Å². The minimum Gasteiger partial charge on any atom is -0.365 e. The SMILES string of the molecule is NC(=O)c1c(F)cccc1CC1CC1. The van der Waals surface area contributed by atoms with Crippen LogP contribution in [0.3, 0.4) is 0 Å². The van der Waals surface area contributed by atoms with Crippen molar-refractivity contribution < 1.29 is 9.18 Å². The quantitative estimate of drug-likeness (QED) is 0.782. The molecule has 2 rings (SSSR count). The third-order valence-corrected chi connectivity index (χ3v) is 2.55. The maximum absolute atomic E-state index is 13.3. The molecule has 0 radical (unpaired) electrons. The second kappa shape index (κ2) is 3.40. The number of rotatable bonds is 3. The van der Waals surface area contributed by atoms with Crippen LogP contribution in [0.5, 0.6) is 0 Å². The van der Waals surface area contributed by atoms with Crippen LogP contribution in [0.25, 0.3) is 0 Å². The Morgan fingerprint density at radius 1 is 1.50 bits per heavy atom. The van der Waals surface area contributed by atoms with Crippen LogP contribution < -0.4 is 5.73 Å². The fourth-order valence-electron chi connectivity index (χ4n) is 1.65. The van der Waals surface area contributed by atoms with Gasteiger partial charge in [-0.2, -0.15) is 0 Å². The zero-order valence-electron chi connectivity index (χ0n) is 7.79. The third kappa shape index (κ3) is 1.76. The van der Waals surface area contributed by atoms with E-state index in [1.165, 1.54) is 18.9 Å². The number of halogens is 1. The van der Waals surface area contributed by atoms with E-state index in [0.717, 1.165) is 12.0 Å². The van der Waals surface area contributed by atoms with Crippen molar-refractivity contribution in [3.63, 3.8) is 0 Å². The summed E-state index contributed by atoms with van der Waals surface area (Å²) >= 11 is 0. The molecule has 0 bridgehead atoms. The van der Waals surface area contributed by atoms with Crippen LogP contribution in [-0.2, 0) is 6.42 Å². The molecule has 0 aromatic heterocycles. The number of amides is 1. The van der Waals surface area contributed by atoms with Gasteiger partial charge in [0.2, 0.25) is 0 Å². The Morgan fingerprint density at radius 2 is 2.21 bits per heavy atom. The van der Waals surface area contributed by atoms with Gasteiger partial charge in [-0.25, -0.2) is 4.39 Å². The second-order valence-corrected chi connectivity index (χ2v) is 3.79. The van der Waals surface area contributed by atoms with E-state index in [4.69, 9.17) is 5.73 Å². The molecule has 1 aliphatic carbocycles. The smallest absolute Gasteiger partial charge is 0.251 e. The number of benzene rings is 1. The maximum Gasteiger partial charge on any atom is 0.251 e. The molecule has 3 heteroatoms. The number of nitrogens with two attached hydrogens (primary N) is 1. The predicted octanol–water partition coefficient (Wildman–Crippen LogP) is 1.88. The lowest BCUT2D eigenvalue weighted by Gasteiger charge is -2.06. The van der Waals surface area contributed by atoms with Crippen molar-refractivity contribution >= 4 is 5.91 Å². The van der Waals surface area contributed by atoms with Gasteiger partial charge in [0.15, 0.2) is 0 Å². The molecule has 1 aliphatic rings. The number of hydrogen-bond donors (Lipinski definition) is 1. The van der Waals surface area contributed by atoms with E-state index in [-0.39, 0.29) is 5.56 Å². The average Bonchev–Trinajstić information content (AvgIpc) is 2.87. The highest BCUT2D eigenvalue weighted by Gasteiger charge is 2.24. The molecule has 0 spiro atoms. The van der Waals surface area contributed by atoms with E-state index >= 15 is 0 Å². The van der Waals surface area contributed by atoms with Gasteiger partial charge in [-0.05, 0) is 36.8 Å². The number of carbonyl (C=O) groups is 1. The van der Waals surface area contributed by atoms with E-state index in [1.807, 2.05) is 0 Å². The monoisotopic (exact) mass is 193 g/mol. The van der Waals surface area contributed by atoms with Crippen LogP contribution in [-0.4, -0.2) is 5.91 Å². The molecule has 14 heavy (non-hydrogen) atoms. The highest BCUT2D eigenvalue weighted by Crippen LogP contribution is 2.33. The molecule has 2 nitrogen and oxygen atoms in total. The Hall–Kier alpha value is -1.38. The number of carbonyl (C=O) groups excluding carboxylic acids is 1. The highest BCUT2D eigenvalue weighted by atomic mass is 19.1. The van der Waals surface area contributed by atoms with Gasteiger partial charge >= 0.3 is 0 Å². The van der Waals surface area contributed by atoms with Crippen molar-refractivity contribution in [2.45, 2.75) is 19.3 Å². The van der Waals surface area contributed by atoms with Crippen molar-refractivity contribution in [2.75, 3.05) is 0 Å². The first-order valence-corrected chi connectivity index (χ1v) is 4.75. The van der Waals surface area contributed by atoms with Crippen molar-refractivity contribution in [1.29, 1.82) is 0 Å². The van der Waals surface area contributed by atoms with Crippen molar-refractivity contribution in [1.82, 2.24) is 0 Å². The lowest BCUT2D eigenvalue weighted by atomic mass is 10.0. The molecular weight excluding hydrogens is 181 g/mol. The van der Waals surface area contributed by atoms with Gasteiger partial charge < -0.3 is 5.73 Å². The maximum atomic E-state index is 13.3. The topological polar surface area (TPSA) is 43.1 Å². The highest BCUT2D eigenvalue weighted by molar-refractivity contribution is 5.94. The lowest BCUT2D eigenvalue weighted by molar-refractivity contribution is 0.0995. The van der Waals surface area contributed by atoms with E-state index in [1.54, 1.807) is 12.1 Å². The molecule has 0 aliphatic heterocycles. The molecule has 1 aromatic carbocycles. The Balaban J connectivity index is 2.35. The molecular formula is C11H12FNO. The van der Waals surface area contributed by atoms with Crippen LogP contribution in [0.15, 0.2) is 18.2 Å². The fraction of sp³-hybridized carbons (Fsp3) is 0.364. The fourth-order valence-corrected chi connectivity index (χ4v) is 1.65. The summed E-state index contributed by atoms with van der Waals surface area (Å²) in [6.45, 7) is 0. The van der Waals surface area contributed by atoms with Crippen LogP contribution in [0.4, 0.5) is 4.39 Å². The molecule has 1 amide bonds. The Morgan fingerprint density at radius 3 is 2.79 bits per heavy atom. The van der Waals surface area contributed by atoms with Crippen LogP contribution in [0.1, 0.15) is 28.8 Å². The standard InChI is InChI=1S/C11H12FNO/c12-9-3-1-2-8(6-7-4-5-7)10(9)11(13)14/h1-3,7H,4-6H2,(H2,13,14). The molecule has 1 saturated carbocycles. The normalized spacial score (nSPS) is 15.5. The average molecular weight is 193 g/mol. The predicted molar refractivity (Wildman–Crippen MR) is 51.3 cm³/mol. The summed E-state index contributed by atoms with van der Waals surface area (Å²) in [5, 5.41) is 0. The molecule has 0 heterocycles. The van der Waals surface area contributed by atoms with Crippen molar-refractivity contribution in [3.05, 3.63) is 35.1 Å². The summed E-state index contributed by atoms with van der Waals surface area (Å²) in [5.41, 5.74) is 5.95. The Labute approximate surface area is 81.9 Å². The zero-order valence-corrected chi connectivity index (χ0v) is 7.79. The van der Waals surface area contributed by atoms with Crippen LogP contribution in [0.2, 0.25) is 0 Å². The van der Waals surface area contributed by atoms with Crippen molar-refractivity contribution in [2.24, 2.45) is 11.7 Å².